The first kappa shape index (κ1) is 9.07. The summed E-state index contributed by atoms with van der Waals surface area (Å²) in [5, 5.41) is 3.40. The minimum absolute atomic E-state index is 1.02. The highest BCUT2D eigenvalue weighted by atomic mass is 14.9. The van der Waals surface area contributed by atoms with Crippen molar-refractivity contribution in [3.05, 3.63) is 60.0 Å². The highest BCUT2D eigenvalue weighted by Gasteiger charge is 1.98. The number of nitrogens with one attached hydrogen (secondary N) is 1. The molecule has 0 fully saturated rings. The zero-order chi connectivity index (χ0) is 9.64. The Labute approximate surface area is 85.2 Å². The molecule has 0 spiro atoms. The Morgan fingerprint density at radius 2 is 1.86 bits per heavy atom. The molecule has 0 aliphatic heterocycles. The molecular weight excluding hydrogens is 170 g/mol. The van der Waals surface area contributed by atoms with Crippen LogP contribution in [0.4, 0.5) is 0 Å². The third kappa shape index (κ3) is 2.49. The van der Waals surface area contributed by atoms with Gasteiger partial charge in [-0.25, -0.2) is 0 Å². The fraction of sp³-hybridized carbons (Fsp3) is 0.231. The Morgan fingerprint density at radius 3 is 2.71 bits per heavy atom. The van der Waals surface area contributed by atoms with Crippen molar-refractivity contribution >= 4 is 0 Å². The second kappa shape index (κ2) is 4.66. The van der Waals surface area contributed by atoms with Gasteiger partial charge in [0.15, 0.2) is 0 Å². The molecule has 0 atom stereocenters. The summed E-state index contributed by atoms with van der Waals surface area (Å²) in [7, 11) is 0. The lowest BCUT2D eigenvalue weighted by Crippen LogP contribution is -2.10. The highest BCUT2D eigenvalue weighted by molar-refractivity contribution is 5.32. The molecule has 0 heterocycles. The quantitative estimate of drug-likeness (QED) is 0.696. The van der Waals surface area contributed by atoms with Gasteiger partial charge in [-0.05, 0) is 37.5 Å². The van der Waals surface area contributed by atoms with E-state index in [1.54, 1.807) is 0 Å². The van der Waals surface area contributed by atoms with Gasteiger partial charge in [0.1, 0.15) is 0 Å². The summed E-state index contributed by atoms with van der Waals surface area (Å²) in [6.45, 7) is 0. The Hall–Kier alpha value is -1.50. The van der Waals surface area contributed by atoms with E-state index in [2.05, 4.69) is 53.9 Å². The van der Waals surface area contributed by atoms with E-state index in [-0.39, 0.29) is 0 Å². The summed E-state index contributed by atoms with van der Waals surface area (Å²) in [4.78, 5) is 0. The molecule has 0 aromatic carbocycles. The van der Waals surface area contributed by atoms with Crippen LogP contribution in [0.1, 0.15) is 19.3 Å². The molecule has 14 heavy (non-hydrogen) atoms. The van der Waals surface area contributed by atoms with Crippen molar-refractivity contribution in [2.24, 2.45) is 0 Å². The van der Waals surface area contributed by atoms with E-state index in [0.717, 1.165) is 18.5 Å². The Morgan fingerprint density at radius 1 is 0.929 bits per heavy atom. The van der Waals surface area contributed by atoms with Crippen LogP contribution in [0.25, 0.3) is 0 Å². The molecule has 1 N–H and O–H groups in total. The normalized spacial score (nSPS) is 20.0. The molecule has 0 amide bonds. The molecule has 72 valence electrons. The van der Waals surface area contributed by atoms with E-state index < -0.39 is 0 Å². The molecule has 1 heteroatoms. The van der Waals surface area contributed by atoms with Crippen molar-refractivity contribution in [2.75, 3.05) is 0 Å². The van der Waals surface area contributed by atoms with Crippen molar-refractivity contribution in [3.8, 4) is 0 Å². The molecule has 0 unspecified atom stereocenters. The van der Waals surface area contributed by atoms with Gasteiger partial charge in [-0.3, -0.25) is 0 Å². The van der Waals surface area contributed by atoms with E-state index in [0.29, 0.717) is 0 Å². The summed E-state index contributed by atoms with van der Waals surface area (Å²) < 4.78 is 0. The smallest absolute Gasteiger partial charge is 0.0380 e. The average molecular weight is 185 g/mol. The SMILES string of the molecule is C1=CCC=CC(NC2=CCCC=C2)=C1. The first-order valence-electron chi connectivity index (χ1n) is 5.12. The lowest BCUT2D eigenvalue weighted by Gasteiger charge is -2.10. The van der Waals surface area contributed by atoms with Crippen molar-refractivity contribution in [1.82, 2.24) is 5.32 Å². The predicted molar refractivity (Wildman–Crippen MR) is 60.6 cm³/mol. The molecule has 0 radical (unpaired) electrons. The van der Waals surface area contributed by atoms with Gasteiger partial charge in [0.2, 0.25) is 0 Å². The molecule has 2 aliphatic carbocycles. The van der Waals surface area contributed by atoms with Crippen molar-refractivity contribution < 1.29 is 0 Å². The van der Waals surface area contributed by atoms with E-state index >= 15 is 0 Å². The Bertz CT molecular complexity index is 340. The van der Waals surface area contributed by atoms with Crippen molar-refractivity contribution in [1.29, 1.82) is 0 Å². The van der Waals surface area contributed by atoms with E-state index in [1.807, 2.05) is 0 Å². The van der Waals surface area contributed by atoms with Crippen LogP contribution in [0, 0.1) is 0 Å². The minimum Gasteiger partial charge on any atom is -0.356 e. The number of allylic oxidation sites excluding steroid dienone is 8. The lowest BCUT2D eigenvalue weighted by atomic mass is 10.1. The maximum Gasteiger partial charge on any atom is 0.0380 e. The van der Waals surface area contributed by atoms with E-state index in [4.69, 9.17) is 0 Å². The molecule has 2 rings (SSSR count). The van der Waals surface area contributed by atoms with Gasteiger partial charge < -0.3 is 5.32 Å². The van der Waals surface area contributed by atoms with E-state index in [9.17, 15) is 0 Å². The summed E-state index contributed by atoms with van der Waals surface area (Å²) in [5.41, 5.74) is 2.37. The number of rotatable bonds is 2. The summed E-state index contributed by atoms with van der Waals surface area (Å²) in [6, 6.07) is 0. The molecule has 0 saturated heterocycles. The fourth-order valence-corrected chi connectivity index (χ4v) is 1.54. The van der Waals surface area contributed by atoms with Crippen LogP contribution in [-0.4, -0.2) is 0 Å². The second-order valence-electron chi connectivity index (χ2n) is 3.45. The predicted octanol–water partition coefficient (Wildman–Crippen LogP) is 3.21. The van der Waals surface area contributed by atoms with Crippen molar-refractivity contribution in [2.45, 2.75) is 19.3 Å². The summed E-state index contributed by atoms with van der Waals surface area (Å²) in [5.74, 6) is 0. The zero-order valence-electron chi connectivity index (χ0n) is 8.24. The van der Waals surface area contributed by atoms with Crippen LogP contribution in [0.3, 0.4) is 0 Å². The van der Waals surface area contributed by atoms with Crippen LogP contribution >= 0.6 is 0 Å². The molecule has 1 nitrogen and oxygen atoms in total. The van der Waals surface area contributed by atoms with Gasteiger partial charge in [-0.1, -0.05) is 30.4 Å². The molecule has 0 saturated carbocycles. The first-order valence-corrected chi connectivity index (χ1v) is 5.12. The standard InChI is InChI=1S/C13H15N/c1-2-5-9-12(8-4-1)14-13-10-6-3-7-11-13/h1,4-6,8-11,14H,2-3,7H2. The zero-order valence-corrected chi connectivity index (χ0v) is 8.24. The third-order valence-electron chi connectivity index (χ3n) is 2.27. The summed E-state index contributed by atoms with van der Waals surface area (Å²) in [6.07, 6.45) is 20.6. The number of hydrogen-bond acceptors (Lipinski definition) is 1. The first-order chi connectivity index (χ1) is 6.95. The van der Waals surface area contributed by atoms with E-state index in [1.165, 1.54) is 12.1 Å². The second-order valence-corrected chi connectivity index (χ2v) is 3.45. The van der Waals surface area contributed by atoms with Gasteiger partial charge in [0.25, 0.3) is 0 Å². The van der Waals surface area contributed by atoms with Gasteiger partial charge in [-0.2, -0.15) is 0 Å². The largest absolute Gasteiger partial charge is 0.356 e. The topological polar surface area (TPSA) is 12.0 Å². The monoisotopic (exact) mass is 185 g/mol. The average Bonchev–Trinajstić information content (AvgIpc) is 2.48. The van der Waals surface area contributed by atoms with Gasteiger partial charge in [0, 0.05) is 11.4 Å². The van der Waals surface area contributed by atoms with Crippen LogP contribution in [0.5, 0.6) is 0 Å². The van der Waals surface area contributed by atoms with Gasteiger partial charge in [-0.15, -0.1) is 0 Å². The van der Waals surface area contributed by atoms with Crippen molar-refractivity contribution in [3.63, 3.8) is 0 Å². The van der Waals surface area contributed by atoms with Crippen LogP contribution in [-0.2, 0) is 0 Å². The Balaban J connectivity index is 2.03. The van der Waals surface area contributed by atoms with Crippen LogP contribution in [0.2, 0.25) is 0 Å². The van der Waals surface area contributed by atoms with Crippen LogP contribution in [0.15, 0.2) is 60.0 Å². The molecule has 0 aromatic heterocycles. The minimum atomic E-state index is 1.02. The molecule has 0 aromatic rings. The highest BCUT2D eigenvalue weighted by Crippen LogP contribution is 2.10. The molecule has 0 bridgehead atoms. The maximum absolute atomic E-state index is 3.40. The Kier molecular flexibility index (Phi) is 3.02. The molecular formula is C13H15N. The maximum atomic E-state index is 3.40. The molecule has 2 aliphatic rings. The van der Waals surface area contributed by atoms with Gasteiger partial charge >= 0.3 is 0 Å². The fourth-order valence-electron chi connectivity index (χ4n) is 1.54. The van der Waals surface area contributed by atoms with Crippen LogP contribution < -0.4 is 5.32 Å². The summed E-state index contributed by atoms with van der Waals surface area (Å²) >= 11 is 0. The van der Waals surface area contributed by atoms with Gasteiger partial charge in [0.05, 0.1) is 0 Å². The third-order valence-corrected chi connectivity index (χ3v) is 2.27. The lowest BCUT2D eigenvalue weighted by molar-refractivity contribution is 0.949. The number of hydrogen-bond donors (Lipinski definition) is 1.